The molecular formula is C16H31NOS. The lowest BCUT2D eigenvalue weighted by atomic mass is 9.81. The Bertz CT molecular complexity index is 263. The average Bonchev–Trinajstić information content (AvgIpc) is 2.65. The van der Waals surface area contributed by atoms with E-state index in [4.69, 9.17) is 4.74 Å². The van der Waals surface area contributed by atoms with Gasteiger partial charge in [-0.05, 0) is 68.2 Å². The van der Waals surface area contributed by atoms with Gasteiger partial charge in [0.25, 0.3) is 0 Å². The first-order valence-corrected chi connectivity index (χ1v) is 8.69. The fraction of sp³-hybridized carbons (Fsp3) is 1.00. The number of nitrogens with zero attached hydrogens (tertiary/aromatic N) is 1. The number of likely N-dealkylation sites (tertiary alicyclic amines) is 1. The predicted molar refractivity (Wildman–Crippen MR) is 85.0 cm³/mol. The highest BCUT2D eigenvalue weighted by Crippen LogP contribution is 2.34. The second kappa shape index (κ2) is 7.33. The monoisotopic (exact) mass is 285 g/mol. The van der Waals surface area contributed by atoms with E-state index >= 15 is 0 Å². The molecule has 0 radical (unpaired) electrons. The van der Waals surface area contributed by atoms with E-state index in [-0.39, 0.29) is 0 Å². The Labute approximate surface area is 124 Å². The minimum atomic E-state index is 0.416. The first kappa shape index (κ1) is 15.7. The summed E-state index contributed by atoms with van der Waals surface area (Å²) in [4.78, 5) is 2.71. The third-order valence-corrected chi connectivity index (χ3v) is 5.93. The molecule has 0 aromatic heterocycles. The summed E-state index contributed by atoms with van der Waals surface area (Å²) < 4.78 is 5.54. The molecule has 0 aromatic rings. The van der Waals surface area contributed by atoms with Crippen LogP contribution < -0.4 is 0 Å². The first-order chi connectivity index (χ1) is 9.15. The molecule has 2 aliphatic heterocycles. The Hall–Kier alpha value is 0.270. The van der Waals surface area contributed by atoms with E-state index in [2.05, 4.69) is 31.4 Å². The zero-order valence-corrected chi connectivity index (χ0v) is 13.6. The zero-order chi connectivity index (χ0) is 13.7. The summed E-state index contributed by atoms with van der Waals surface area (Å²) in [6, 6.07) is 0. The van der Waals surface area contributed by atoms with Crippen molar-refractivity contribution in [3.05, 3.63) is 0 Å². The van der Waals surface area contributed by atoms with Crippen LogP contribution >= 0.6 is 12.6 Å². The molecule has 3 heteroatoms. The molecule has 19 heavy (non-hydrogen) atoms. The zero-order valence-electron chi connectivity index (χ0n) is 12.7. The van der Waals surface area contributed by atoms with Gasteiger partial charge in [0.15, 0.2) is 0 Å². The van der Waals surface area contributed by atoms with Crippen LogP contribution in [0.1, 0.15) is 46.0 Å². The van der Waals surface area contributed by atoms with Gasteiger partial charge in [-0.1, -0.05) is 13.8 Å². The number of hydrogen-bond donors (Lipinski definition) is 1. The molecule has 0 aliphatic carbocycles. The summed E-state index contributed by atoms with van der Waals surface area (Å²) in [7, 11) is 0. The molecule has 2 heterocycles. The summed E-state index contributed by atoms with van der Waals surface area (Å²) >= 11 is 4.64. The maximum absolute atomic E-state index is 5.54. The van der Waals surface area contributed by atoms with Gasteiger partial charge in [-0.3, -0.25) is 0 Å². The van der Waals surface area contributed by atoms with Crippen molar-refractivity contribution in [2.45, 2.75) is 46.0 Å². The molecule has 2 fully saturated rings. The Morgan fingerprint density at radius 3 is 2.58 bits per heavy atom. The Kier molecular flexibility index (Phi) is 6.04. The Morgan fingerprint density at radius 1 is 1.21 bits per heavy atom. The quantitative estimate of drug-likeness (QED) is 0.794. The van der Waals surface area contributed by atoms with Crippen LogP contribution in [0.4, 0.5) is 0 Å². The van der Waals surface area contributed by atoms with Crippen LogP contribution in [0.5, 0.6) is 0 Å². The maximum Gasteiger partial charge on any atom is 0.0472 e. The number of ether oxygens (including phenoxy) is 1. The van der Waals surface area contributed by atoms with Gasteiger partial charge in [-0.25, -0.2) is 0 Å². The average molecular weight is 285 g/mol. The molecule has 2 rings (SSSR count). The summed E-state index contributed by atoms with van der Waals surface area (Å²) in [5.41, 5.74) is 0.416. The van der Waals surface area contributed by atoms with E-state index in [9.17, 15) is 0 Å². The molecule has 0 bridgehead atoms. The van der Waals surface area contributed by atoms with Crippen molar-refractivity contribution in [1.29, 1.82) is 0 Å². The van der Waals surface area contributed by atoms with Crippen molar-refractivity contribution in [3.8, 4) is 0 Å². The van der Waals surface area contributed by atoms with Crippen LogP contribution in [0, 0.1) is 17.3 Å². The maximum atomic E-state index is 5.54. The highest BCUT2D eigenvalue weighted by molar-refractivity contribution is 7.80. The van der Waals surface area contributed by atoms with Crippen molar-refractivity contribution in [2.75, 3.05) is 38.6 Å². The van der Waals surface area contributed by atoms with E-state index in [1.165, 1.54) is 51.7 Å². The van der Waals surface area contributed by atoms with Gasteiger partial charge in [-0.15, -0.1) is 0 Å². The van der Waals surface area contributed by atoms with Crippen molar-refractivity contribution in [2.24, 2.45) is 17.3 Å². The lowest BCUT2D eigenvalue weighted by Crippen LogP contribution is -2.43. The molecule has 2 saturated heterocycles. The van der Waals surface area contributed by atoms with E-state index in [1.807, 2.05) is 0 Å². The van der Waals surface area contributed by atoms with Gasteiger partial charge in [0.2, 0.25) is 0 Å². The van der Waals surface area contributed by atoms with Gasteiger partial charge < -0.3 is 9.64 Å². The highest BCUT2D eigenvalue weighted by Gasteiger charge is 2.33. The molecule has 2 aliphatic rings. The molecule has 0 N–H and O–H groups in total. The minimum absolute atomic E-state index is 0.416. The lowest BCUT2D eigenvalue weighted by Gasteiger charge is -2.40. The fourth-order valence-electron chi connectivity index (χ4n) is 3.65. The second-order valence-corrected chi connectivity index (χ2v) is 7.30. The molecule has 0 saturated carbocycles. The standard InChI is InChI=1S/C16H31NOS/c1-14(2)15-4-3-8-17(9-5-15)12-16(13-19)6-10-18-11-7-16/h14-15,19H,3-13H2,1-2H3. The summed E-state index contributed by atoms with van der Waals surface area (Å²) in [5, 5.41) is 0. The Balaban J connectivity index is 1.87. The van der Waals surface area contributed by atoms with Gasteiger partial charge in [-0.2, -0.15) is 12.6 Å². The number of hydrogen-bond acceptors (Lipinski definition) is 3. The summed E-state index contributed by atoms with van der Waals surface area (Å²) in [6.07, 6.45) is 6.57. The van der Waals surface area contributed by atoms with E-state index in [0.29, 0.717) is 5.41 Å². The van der Waals surface area contributed by atoms with E-state index in [0.717, 1.165) is 30.8 Å². The second-order valence-electron chi connectivity index (χ2n) is 6.98. The van der Waals surface area contributed by atoms with Crippen molar-refractivity contribution in [1.82, 2.24) is 4.90 Å². The third-order valence-electron chi connectivity index (χ3n) is 5.26. The SMILES string of the molecule is CC(C)C1CCCN(CC2(CS)CCOCC2)CC1. The molecule has 0 spiro atoms. The topological polar surface area (TPSA) is 12.5 Å². The van der Waals surface area contributed by atoms with Crippen LogP contribution in [0.3, 0.4) is 0 Å². The molecule has 1 unspecified atom stereocenters. The highest BCUT2D eigenvalue weighted by atomic mass is 32.1. The van der Waals surface area contributed by atoms with Crippen molar-refractivity contribution in [3.63, 3.8) is 0 Å². The van der Waals surface area contributed by atoms with Crippen LogP contribution in [-0.4, -0.2) is 43.5 Å². The smallest absolute Gasteiger partial charge is 0.0472 e. The third kappa shape index (κ3) is 4.37. The first-order valence-electron chi connectivity index (χ1n) is 8.06. The minimum Gasteiger partial charge on any atom is -0.381 e. The fourth-order valence-corrected chi connectivity index (χ4v) is 4.07. The molecular weight excluding hydrogens is 254 g/mol. The molecule has 0 amide bonds. The van der Waals surface area contributed by atoms with Gasteiger partial charge in [0.1, 0.15) is 0 Å². The largest absolute Gasteiger partial charge is 0.381 e. The number of thiol groups is 1. The van der Waals surface area contributed by atoms with E-state index in [1.54, 1.807) is 0 Å². The van der Waals surface area contributed by atoms with Crippen LogP contribution in [0.25, 0.3) is 0 Å². The normalized spacial score (nSPS) is 29.4. The molecule has 112 valence electrons. The Morgan fingerprint density at radius 2 is 1.95 bits per heavy atom. The summed E-state index contributed by atoms with van der Waals surface area (Å²) in [5.74, 6) is 2.80. The molecule has 0 aromatic carbocycles. The van der Waals surface area contributed by atoms with E-state index < -0.39 is 0 Å². The van der Waals surface area contributed by atoms with Crippen molar-refractivity contribution < 1.29 is 4.74 Å². The molecule has 1 atom stereocenters. The van der Waals surface area contributed by atoms with Crippen LogP contribution in [0.2, 0.25) is 0 Å². The van der Waals surface area contributed by atoms with Crippen LogP contribution in [-0.2, 0) is 4.74 Å². The van der Waals surface area contributed by atoms with Crippen LogP contribution in [0.15, 0.2) is 0 Å². The lowest BCUT2D eigenvalue weighted by molar-refractivity contribution is 0.00803. The molecule has 2 nitrogen and oxygen atoms in total. The van der Waals surface area contributed by atoms with Gasteiger partial charge in [0, 0.05) is 19.8 Å². The van der Waals surface area contributed by atoms with Crippen molar-refractivity contribution >= 4 is 12.6 Å². The predicted octanol–water partition coefficient (Wildman–Crippen LogP) is 3.47. The van der Waals surface area contributed by atoms with Gasteiger partial charge in [0.05, 0.1) is 0 Å². The summed E-state index contributed by atoms with van der Waals surface area (Å²) in [6.45, 7) is 10.5. The number of rotatable bonds is 4. The van der Waals surface area contributed by atoms with Gasteiger partial charge >= 0.3 is 0 Å².